The van der Waals surface area contributed by atoms with Crippen LogP contribution in [0.4, 0.5) is 0 Å². The van der Waals surface area contributed by atoms with Crippen molar-refractivity contribution >= 4 is 0 Å². The summed E-state index contributed by atoms with van der Waals surface area (Å²) in [5.74, 6) is 0. The first-order valence-corrected chi connectivity index (χ1v) is 5.73. The molecule has 1 heterocycles. The number of aliphatic hydroxyl groups excluding tert-OH is 1. The van der Waals surface area contributed by atoms with Crippen LogP contribution < -0.4 is 5.32 Å². The van der Waals surface area contributed by atoms with Crippen molar-refractivity contribution < 1.29 is 5.11 Å². The quantitative estimate of drug-likeness (QED) is 0.725. The smallest absolute Gasteiger partial charge is 0.0610 e. The minimum Gasteiger partial charge on any atom is -0.394 e. The molecule has 0 atom stereocenters. The minimum absolute atomic E-state index is 0.105. The molecule has 0 spiro atoms. The molecule has 3 nitrogen and oxygen atoms in total. The van der Waals surface area contributed by atoms with Gasteiger partial charge in [0.2, 0.25) is 0 Å². The molecule has 0 aromatic carbocycles. The number of aliphatic hydroxyl groups is 1. The van der Waals surface area contributed by atoms with E-state index in [4.69, 9.17) is 0 Å². The standard InChI is InChI=1S/C12H26N2O/c1-10(2)7-14(12(5,6)9-15)8-11(3,4)13-10/h13,15H,7-9H2,1-6H3. The third-order valence-corrected chi connectivity index (χ3v) is 3.09. The van der Waals surface area contributed by atoms with Crippen molar-refractivity contribution in [2.75, 3.05) is 19.7 Å². The Kier molecular flexibility index (Phi) is 3.21. The lowest BCUT2D eigenvalue weighted by Gasteiger charge is -2.53. The molecular formula is C12H26N2O. The van der Waals surface area contributed by atoms with Gasteiger partial charge in [0.25, 0.3) is 0 Å². The third-order valence-electron chi connectivity index (χ3n) is 3.09. The molecule has 0 saturated carbocycles. The zero-order valence-electron chi connectivity index (χ0n) is 11.0. The van der Waals surface area contributed by atoms with Crippen LogP contribution >= 0.6 is 0 Å². The molecule has 90 valence electrons. The maximum atomic E-state index is 9.42. The summed E-state index contributed by atoms with van der Waals surface area (Å²) in [6.07, 6.45) is 0. The summed E-state index contributed by atoms with van der Waals surface area (Å²) >= 11 is 0. The van der Waals surface area contributed by atoms with Crippen LogP contribution in [0.1, 0.15) is 41.5 Å². The van der Waals surface area contributed by atoms with E-state index in [2.05, 4.69) is 51.8 Å². The second kappa shape index (κ2) is 3.72. The van der Waals surface area contributed by atoms with Crippen molar-refractivity contribution in [1.29, 1.82) is 0 Å². The molecule has 1 saturated heterocycles. The fourth-order valence-corrected chi connectivity index (χ4v) is 2.53. The molecule has 0 aromatic heterocycles. The van der Waals surface area contributed by atoms with Crippen LogP contribution in [0, 0.1) is 0 Å². The number of nitrogens with one attached hydrogen (secondary N) is 1. The molecule has 1 fully saturated rings. The summed E-state index contributed by atoms with van der Waals surface area (Å²) in [6.45, 7) is 15.2. The van der Waals surface area contributed by atoms with Gasteiger partial charge in [-0.15, -0.1) is 0 Å². The van der Waals surface area contributed by atoms with E-state index in [0.29, 0.717) is 0 Å². The van der Waals surface area contributed by atoms with Crippen LogP contribution in [0.25, 0.3) is 0 Å². The first-order chi connectivity index (χ1) is 6.58. The maximum Gasteiger partial charge on any atom is 0.0610 e. The van der Waals surface area contributed by atoms with E-state index in [1.165, 1.54) is 0 Å². The van der Waals surface area contributed by atoms with Gasteiger partial charge in [-0.1, -0.05) is 0 Å². The molecule has 1 aliphatic heterocycles. The molecule has 0 radical (unpaired) electrons. The summed E-state index contributed by atoms with van der Waals surface area (Å²) in [5, 5.41) is 13.1. The number of hydrogen-bond acceptors (Lipinski definition) is 3. The van der Waals surface area contributed by atoms with Crippen molar-refractivity contribution in [2.45, 2.75) is 58.2 Å². The van der Waals surface area contributed by atoms with Gasteiger partial charge in [0.15, 0.2) is 0 Å². The van der Waals surface area contributed by atoms with Gasteiger partial charge < -0.3 is 10.4 Å². The Morgan fingerprint density at radius 2 is 1.53 bits per heavy atom. The van der Waals surface area contributed by atoms with E-state index in [-0.39, 0.29) is 23.2 Å². The predicted molar refractivity (Wildman–Crippen MR) is 64.0 cm³/mol. The lowest BCUT2D eigenvalue weighted by atomic mass is 9.88. The maximum absolute atomic E-state index is 9.42. The van der Waals surface area contributed by atoms with Crippen molar-refractivity contribution in [3.63, 3.8) is 0 Å². The van der Waals surface area contributed by atoms with E-state index >= 15 is 0 Å². The molecular weight excluding hydrogens is 188 g/mol. The highest BCUT2D eigenvalue weighted by Gasteiger charge is 2.41. The van der Waals surface area contributed by atoms with Crippen molar-refractivity contribution in [2.24, 2.45) is 0 Å². The largest absolute Gasteiger partial charge is 0.394 e. The summed E-state index contributed by atoms with van der Waals surface area (Å²) in [5.41, 5.74) is 0.0824. The van der Waals surface area contributed by atoms with E-state index < -0.39 is 0 Å². The van der Waals surface area contributed by atoms with Crippen LogP contribution in [0.15, 0.2) is 0 Å². The van der Waals surface area contributed by atoms with Gasteiger partial charge in [-0.25, -0.2) is 0 Å². The van der Waals surface area contributed by atoms with Crippen molar-refractivity contribution in [3.05, 3.63) is 0 Å². The third kappa shape index (κ3) is 3.16. The number of rotatable bonds is 2. The predicted octanol–water partition coefficient (Wildman–Crippen LogP) is 1.22. The zero-order valence-corrected chi connectivity index (χ0v) is 11.0. The van der Waals surface area contributed by atoms with E-state index in [9.17, 15) is 5.11 Å². The highest BCUT2D eigenvalue weighted by Crippen LogP contribution is 2.26. The topological polar surface area (TPSA) is 35.5 Å². The van der Waals surface area contributed by atoms with Gasteiger partial charge in [0, 0.05) is 29.7 Å². The van der Waals surface area contributed by atoms with Gasteiger partial charge in [-0.3, -0.25) is 4.90 Å². The van der Waals surface area contributed by atoms with Crippen LogP contribution in [0.2, 0.25) is 0 Å². The summed E-state index contributed by atoms with van der Waals surface area (Å²) in [6, 6.07) is 0. The van der Waals surface area contributed by atoms with Crippen molar-refractivity contribution in [3.8, 4) is 0 Å². The number of nitrogens with zero attached hydrogens (tertiary/aromatic N) is 1. The molecule has 3 heteroatoms. The summed E-state index contributed by atoms with van der Waals surface area (Å²) in [4.78, 5) is 2.38. The Balaban J connectivity index is 2.84. The normalized spacial score (nSPS) is 26.6. The Morgan fingerprint density at radius 3 is 1.87 bits per heavy atom. The second-order valence-electron chi connectivity index (χ2n) is 6.72. The van der Waals surface area contributed by atoms with Crippen LogP contribution in [0.5, 0.6) is 0 Å². The average Bonchev–Trinajstić information content (AvgIpc) is 1.98. The molecule has 0 amide bonds. The highest BCUT2D eigenvalue weighted by molar-refractivity contribution is 5.01. The van der Waals surface area contributed by atoms with Gasteiger partial charge in [-0.2, -0.15) is 0 Å². The SMILES string of the molecule is CC1(C)CN(C(C)(C)CO)CC(C)(C)N1. The first-order valence-electron chi connectivity index (χ1n) is 5.73. The fourth-order valence-electron chi connectivity index (χ4n) is 2.53. The monoisotopic (exact) mass is 214 g/mol. The summed E-state index contributed by atoms with van der Waals surface area (Å²) in [7, 11) is 0. The van der Waals surface area contributed by atoms with Crippen LogP contribution in [-0.4, -0.2) is 46.3 Å². The molecule has 15 heavy (non-hydrogen) atoms. The first kappa shape index (κ1) is 12.9. The van der Waals surface area contributed by atoms with Crippen LogP contribution in [0.3, 0.4) is 0 Å². The van der Waals surface area contributed by atoms with Gasteiger partial charge in [0.05, 0.1) is 6.61 Å². The number of hydrogen-bond donors (Lipinski definition) is 2. The molecule has 2 N–H and O–H groups in total. The van der Waals surface area contributed by atoms with Gasteiger partial charge >= 0.3 is 0 Å². The molecule has 1 aliphatic rings. The van der Waals surface area contributed by atoms with Gasteiger partial charge in [0.1, 0.15) is 0 Å². The van der Waals surface area contributed by atoms with E-state index in [0.717, 1.165) is 13.1 Å². The Morgan fingerprint density at radius 1 is 1.13 bits per heavy atom. The summed E-state index contributed by atoms with van der Waals surface area (Å²) < 4.78 is 0. The van der Waals surface area contributed by atoms with E-state index in [1.807, 2.05) is 0 Å². The minimum atomic E-state index is -0.128. The number of piperazine rings is 1. The molecule has 1 rings (SSSR count). The molecule has 0 aromatic rings. The highest BCUT2D eigenvalue weighted by atomic mass is 16.3. The molecule has 0 aliphatic carbocycles. The zero-order chi connectivity index (χ0) is 11.9. The Bertz CT molecular complexity index is 218. The Hall–Kier alpha value is -0.120. The lowest BCUT2D eigenvalue weighted by Crippen LogP contribution is -2.70. The second-order valence-corrected chi connectivity index (χ2v) is 6.72. The van der Waals surface area contributed by atoms with Crippen molar-refractivity contribution in [1.82, 2.24) is 10.2 Å². The van der Waals surface area contributed by atoms with Crippen LogP contribution in [-0.2, 0) is 0 Å². The lowest BCUT2D eigenvalue weighted by molar-refractivity contribution is -0.0171. The molecule has 0 bridgehead atoms. The fraction of sp³-hybridized carbons (Fsp3) is 1.00. The molecule has 0 unspecified atom stereocenters. The average molecular weight is 214 g/mol. The Labute approximate surface area is 93.9 Å². The van der Waals surface area contributed by atoms with Gasteiger partial charge in [-0.05, 0) is 41.5 Å². The van der Waals surface area contributed by atoms with E-state index in [1.54, 1.807) is 0 Å².